The van der Waals surface area contributed by atoms with Gasteiger partial charge >= 0.3 is 12.1 Å². The van der Waals surface area contributed by atoms with E-state index in [9.17, 15) is 13.2 Å². The Morgan fingerprint density at radius 3 is 2.10 bits per heavy atom. The van der Waals surface area contributed by atoms with Crippen molar-refractivity contribution in [2.75, 3.05) is 23.7 Å². The second-order valence-corrected chi connectivity index (χ2v) is 4.41. The Balaban J connectivity index is 0.000000246. The summed E-state index contributed by atoms with van der Waals surface area (Å²) in [5.41, 5.74) is 8.03. The lowest BCUT2D eigenvalue weighted by atomic mass is 10.1. The number of carbonyl (C=O) groups is 1. The number of nitrogens with two attached hydrogens (primary N) is 1. The van der Waals surface area contributed by atoms with Crippen molar-refractivity contribution in [3.63, 3.8) is 0 Å². The molecule has 1 aromatic rings. The zero-order valence-corrected chi connectivity index (χ0v) is 10.9. The monoisotopic (exact) mass is 290 g/mol. The number of alkyl halides is 3. The number of para-hydroxylation sites is 2. The normalized spacial score (nSPS) is 15.2. The van der Waals surface area contributed by atoms with Gasteiger partial charge in [0, 0.05) is 13.1 Å². The van der Waals surface area contributed by atoms with E-state index in [-0.39, 0.29) is 0 Å². The number of rotatable bonds is 1. The van der Waals surface area contributed by atoms with E-state index >= 15 is 0 Å². The van der Waals surface area contributed by atoms with Crippen LogP contribution >= 0.6 is 0 Å². The van der Waals surface area contributed by atoms with Crippen molar-refractivity contribution in [3.8, 4) is 0 Å². The first-order valence-corrected chi connectivity index (χ1v) is 6.22. The van der Waals surface area contributed by atoms with Crippen LogP contribution in [0.3, 0.4) is 0 Å². The van der Waals surface area contributed by atoms with Gasteiger partial charge in [-0.1, -0.05) is 12.1 Å². The molecule has 0 saturated carbocycles. The number of nitrogen functional groups attached to an aromatic ring is 1. The summed E-state index contributed by atoms with van der Waals surface area (Å²) >= 11 is 0. The van der Waals surface area contributed by atoms with Gasteiger partial charge in [0.2, 0.25) is 0 Å². The van der Waals surface area contributed by atoms with E-state index in [2.05, 4.69) is 17.0 Å². The van der Waals surface area contributed by atoms with E-state index in [1.54, 1.807) is 0 Å². The zero-order chi connectivity index (χ0) is 15.2. The van der Waals surface area contributed by atoms with Gasteiger partial charge in [-0.15, -0.1) is 0 Å². The fourth-order valence-electron chi connectivity index (χ4n) is 1.91. The van der Waals surface area contributed by atoms with Crippen LogP contribution in [0, 0.1) is 0 Å². The Bertz CT molecular complexity index is 443. The third-order valence-electron chi connectivity index (χ3n) is 2.88. The number of hydrogen-bond acceptors (Lipinski definition) is 3. The molecule has 0 spiro atoms. The summed E-state index contributed by atoms with van der Waals surface area (Å²) in [6.45, 7) is 2.32. The molecule has 0 aliphatic carbocycles. The van der Waals surface area contributed by atoms with Gasteiger partial charge in [-0.25, -0.2) is 4.79 Å². The first kappa shape index (κ1) is 16.1. The molecule has 0 bridgehead atoms. The van der Waals surface area contributed by atoms with Crippen molar-refractivity contribution in [1.29, 1.82) is 0 Å². The summed E-state index contributed by atoms with van der Waals surface area (Å²) in [6.07, 6.45) is -1.12. The lowest BCUT2D eigenvalue weighted by Gasteiger charge is -2.29. The van der Waals surface area contributed by atoms with E-state index in [1.807, 2.05) is 12.1 Å². The van der Waals surface area contributed by atoms with Crippen molar-refractivity contribution >= 4 is 17.3 Å². The van der Waals surface area contributed by atoms with Crippen LogP contribution in [0.15, 0.2) is 24.3 Å². The maximum Gasteiger partial charge on any atom is 0.490 e. The highest BCUT2D eigenvalue weighted by atomic mass is 19.4. The highest BCUT2D eigenvalue weighted by Gasteiger charge is 2.38. The second-order valence-electron chi connectivity index (χ2n) is 4.41. The maximum atomic E-state index is 10.6. The minimum atomic E-state index is -5.08. The molecule has 20 heavy (non-hydrogen) atoms. The fraction of sp³-hybridized carbons (Fsp3) is 0.462. The molecule has 1 aliphatic rings. The molecule has 1 aliphatic heterocycles. The van der Waals surface area contributed by atoms with Gasteiger partial charge in [0.15, 0.2) is 0 Å². The first-order chi connectivity index (χ1) is 9.32. The van der Waals surface area contributed by atoms with E-state index in [4.69, 9.17) is 15.6 Å². The van der Waals surface area contributed by atoms with Crippen LogP contribution in [-0.4, -0.2) is 30.3 Å². The Morgan fingerprint density at radius 2 is 1.65 bits per heavy atom. The van der Waals surface area contributed by atoms with Gasteiger partial charge in [-0.3, -0.25) is 0 Å². The summed E-state index contributed by atoms with van der Waals surface area (Å²) in [5, 5.41) is 7.12. The number of piperidine rings is 1. The summed E-state index contributed by atoms with van der Waals surface area (Å²) < 4.78 is 31.7. The van der Waals surface area contributed by atoms with E-state index < -0.39 is 12.1 Å². The highest BCUT2D eigenvalue weighted by molar-refractivity contribution is 5.73. The van der Waals surface area contributed by atoms with E-state index in [1.165, 1.54) is 24.9 Å². The van der Waals surface area contributed by atoms with Crippen molar-refractivity contribution in [3.05, 3.63) is 24.3 Å². The van der Waals surface area contributed by atoms with Gasteiger partial charge in [0.25, 0.3) is 0 Å². The topological polar surface area (TPSA) is 66.6 Å². The highest BCUT2D eigenvalue weighted by Crippen LogP contribution is 2.25. The van der Waals surface area contributed by atoms with Gasteiger partial charge in [-0.2, -0.15) is 13.2 Å². The van der Waals surface area contributed by atoms with Crippen molar-refractivity contribution < 1.29 is 23.1 Å². The smallest absolute Gasteiger partial charge is 0.475 e. The summed E-state index contributed by atoms with van der Waals surface area (Å²) in [5.74, 6) is -2.76. The molecule has 112 valence electrons. The third kappa shape index (κ3) is 4.99. The summed E-state index contributed by atoms with van der Waals surface area (Å²) in [4.78, 5) is 11.3. The third-order valence-corrected chi connectivity index (χ3v) is 2.88. The Morgan fingerprint density at radius 1 is 1.15 bits per heavy atom. The van der Waals surface area contributed by atoms with E-state index in [0.29, 0.717) is 0 Å². The number of nitrogens with zero attached hydrogens (tertiary/aromatic N) is 1. The average molecular weight is 290 g/mol. The van der Waals surface area contributed by atoms with Gasteiger partial charge in [0.1, 0.15) is 0 Å². The molecule has 0 atom stereocenters. The number of anilines is 2. The minimum Gasteiger partial charge on any atom is -0.475 e. The number of benzene rings is 1. The molecular weight excluding hydrogens is 273 g/mol. The molecule has 4 nitrogen and oxygen atoms in total. The molecule has 0 amide bonds. The van der Waals surface area contributed by atoms with Crippen LogP contribution < -0.4 is 10.6 Å². The summed E-state index contributed by atoms with van der Waals surface area (Å²) in [7, 11) is 0. The lowest BCUT2D eigenvalue weighted by molar-refractivity contribution is -0.192. The predicted molar refractivity (Wildman–Crippen MR) is 70.6 cm³/mol. The largest absolute Gasteiger partial charge is 0.490 e. The Hall–Kier alpha value is -1.92. The first-order valence-electron chi connectivity index (χ1n) is 6.22. The molecule has 0 aromatic heterocycles. The summed E-state index contributed by atoms with van der Waals surface area (Å²) in [6, 6.07) is 8.13. The number of aliphatic carboxylic acids is 1. The standard InChI is InChI=1S/C11H16N2.C2HF3O2/c12-10-6-2-3-7-11(10)13-8-4-1-5-9-13;3-2(4,5)1(6)7/h2-3,6-7H,1,4-5,8-9,12H2;(H,6,7). The Kier molecular flexibility index (Phi) is 5.66. The molecule has 3 N–H and O–H groups in total. The molecular formula is C13H17F3N2O2. The molecule has 7 heteroatoms. The zero-order valence-electron chi connectivity index (χ0n) is 10.9. The fourth-order valence-corrected chi connectivity index (χ4v) is 1.91. The maximum absolute atomic E-state index is 10.6. The molecule has 1 fully saturated rings. The van der Waals surface area contributed by atoms with Gasteiger partial charge in [0.05, 0.1) is 11.4 Å². The molecule has 0 radical (unpaired) electrons. The Labute approximate surface area is 115 Å². The molecule has 0 unspecified atom stereocenters. The van der Waals surface area contributed by atoms with Gasteiger partial charge in [-0.05, 0) is 31.4 Å². The minimum absolute atomic E-state index is 0.907. The van der Waals surface area contributed by atoms with E-state index in [0.717, 1.165) is 18.8 Å². The van der Waals surface area contributed by atoms with Crippen molar-refractivity contribution in [1.82, 2.24) is 0 Å². The quantitative estimate of drug-likeness (QED) is 0.780. The number of hydrogen-bond donors (Lipinski definition) is 2. The van der Waals surface area contributed by atoms with Crippen LogP contribution in [0.2, 0.25) is 0 Å². The van der Waals surface area contributed by atoms with Crippen molar-refractivity contribution in [2.45, 2.75) is 25.4 Å². The second kappa shape index (κ2) is 7.02. The number of carboxylic acids is 1. The predicted octanol–water partition coefficient (Wildman–Crippen LogP) is 2.89. The SMILES string of the molecule is Nc1ccccc1N1CCCCC1.O=C(O)C(F)(F)F. The number of carboxylic acid groups (broad SMARTS) is 1. The van der Waals surface area contributed by atoms with Crippen LogP contribution in [0.25, 0.3) is 0 Å². The van der Waals surface area contributed by atoms with Crippen LogP contribution in [0.4, 0.5) is 24.5 Å². The molecule has 1 saturated heterocycles. The molecule has 2 rings (SSSR count). The lowest BCUT2D eigenvalue weighted by Crippen LogP contribution is -2.29. The molecule has 1 aromatic carbocycles. The van der Waals surface area contributed by atoms with Gasteiger partial charge < -0.3 is 15.7 Å². The van der Waals surface area contributed by atoms with Crippen LogP contribution in [0.5, 0.6) is 0 Å². The van der Waals surface area contributed by atoms with Crippen LogP contribution in [0.1, 0.15) is 19.3 Å². The average Bonchev–Trinajstić information content (AvgIpc) is 2.40. The molecule has 1 heterocycles. The van der Waals surface area contributed by atoms with Crippen LogP contribution in [-0.2, 0) is 4.79 Å². The van der Waals surface area contributed by atoms with Crippen molar-refractivity contribution in [2.24, 2.45) is 0 Å². The number of halogens is 3.